The average Bonchev–Trinajstić information content (AvgIpc) is 2.37. The molecule has 4 heteroatoms. The fraction of sp³-hybridized carbons (Fsp3) is 0.462. The van der Waals surface area contributed by atoms with E-state index in [1.54, 1.807) is 0 Å². The lowest BCUT2D eigenvalue weighted by Gasteiger charge is -2.49. The highest BCUT2D eigenvalue weighted by Crippen LogP contribution is 2.33. The summed E-state index contributed by atoms with van der Waals surface area (Å²) in [5.41, 5.74) is 1.55. The van der Waals surface area contributed by atoms with E-state index in [9.17, 15) is 4.79 Å². The summed E-state index contributed by atoms with van der Waals surface area (Å²) >= 11 is 0. The number of nitrogens with zero attached hydrogens (tertiary/aromatic N) is 1. The van der Waals surface area contributed by atoms with Crippen LogP contribution in [0.15, 0.2) is 24.3 Å². The molecule has 0 bridgehead atoms. The fourth-order valence-electron chi connectivity index (χ4n) is 2.83. The third-order valence-corrected chi connectivity index (χ3v) is 3.86. The first kappa shape index (κ1) is 10.6. The number of amides is 1. The van der Waals surface area contributed by atoms with Crippen molar-refractivity contribution < 1.29 is 4.79 Å². The van der Waals surface area contributed by atoms with Crippen LogP contribution in [0.1, 0.15) is 23.2 Å². The van der Waals surface area contributed by atoms with Crippen LogP contribution < -0.4 is 15.5 Å². The molecule has 1 fully saturated rings. The summed E-state index contributed by atoms with van der Waals surface area (Å²) in [4.78, 5) is 14.3. The predicted molar refractivity (Wildman–Crippen MR) is 67.1 cm³/mol. The highest BCUT2D eigenvalue weighted by Gasteiger charge is 2.42. The number of nitrogens with one attached hydrogen (secondary N) is 2. The van der Waals surface area contributed by atoms with Crippen molar-refractivity contribution in [3.05, 3.63) is 29.8 Å². The Balaban J connectivity index is 2.05. The van der Waals surface area contributed by atoms with Gasteiger partial charge in [-0.15, -0.1) is 0 Å². The van der Waals surface area contributed by atoms with Gasteiger partial charge in [-0.2, -0.15) is 0 Å². The van der Waals surface area contributed by atoms with E-state index in [1.807, 2.05) is 24.3 Å². The van der Waals surface area contributed by atoms with Gasteiger partial charge in [0.2, 0.25) is 0 Å². The largest absolute Gasteiger partial charge is 0.350 e. The van der Waals surface area contributed by atoms with Gasteiger partial charge in [0.15, 0.2) is 0 Å². The molecule has 0 aliphatic carbocycles. The molecule has 2 aliphatic heterocycles. The zero-order chi connectivity index (χ0) is 11.9. The quantitative estimate of drug-likeness (QED) is 0.698. The Morgan fingerprint density at radius 3 is 2.94 bits per heavy atom. The van der Waals surface area contributed by atoms with Gasteiger partial charge < -0.3 is 15.5 Å². The molecular weight excluding hydrogens is 214 g/mol. The molecule has 2 aliphatic rings. The van der Waals surface area contributed by atoms with Gasteiger partial charge in [0, 0.05) is 13.6 Å². The molecule has 2 heterocycles. The van der Waals surface area contributed by atoms with Gasteiger partial charge in [-0.05, 0) is 31.5 Å². The number of carbonyl (C=O) groups excluding carboxylic acids is 1. The van der Waals surface area contributed by atoms with Crippen molar-refractivity contribution >= 4 is 11.6 Å². The molecule has 1 amide bonds. The van der Waals surface area contributed by atoms with Crippen molar-refractivity contribution in [2.45, 2.75) is 18.5 Å². The predicted octanol–water partition coefficient (Wildman–Crippen LogP) is 0.946. The molecule has 0 saturated carbocycles. The summed E-state index contributed by atoms with van der Waals surface area (Å²) in [5, 5.41) is 6.53. The maximum atomic E-state index is 12.1. The van der Waals surface area contributed by atoms with E-state index in [0.717, 1.165) is 37.2 Å². The topological polar surface area (TPSA) is 44.4 Å². The molecule has 0 aromatic heterocycles. The average molecular weight is 231 g/mol. The zero-order valence-electron chi connectivity index (χ0n) is 9.99. The van der Waals surface area contributed by atoms with Crippen LogP contribution >= 0.6 is 0 Å². The van der Waals surface area contributed by atoms with Crippen LogP contribution in [0.3, 0.4) is 0 Å². The third kappa shape index (κ3) is 1.52. The molecule has 0 radical (unpaired) electrons. The number of benzene rings is 1. The molecule has 4 nitrogen and oxygen atoms in total. The summed E-state index contributed by atoms with van der Waals surface area (Å²) in [6.07, 6.45) is 2.09. The minimum absolute atomic E-state index is 0.0439. The van der Waals surface area contributed by atoms with E-state index >= 15 is 0 Å². The van der Waals surface area contributed by atoms with Crippen molar-refractivity contribution in [2.75, 3.05) is 25.0 Å². The van der Waals surface area contributed by atoms with Gasteiger partial charge in [0.1, 0.15) is 5.66 Å². The SMILES string of the molecule is CN1c2ccccc2C(=O)NC12CCCNC2. The Hall–Kier alpha value is -1.55. The van der Waals surface area contributed by atoms with Crippen molar-refractivity contribution in [1.82, 2.24) is 10.6 Å². The molecular formula is C13H17N3O. The summed E-state index contributed by atoms with van der Waals surface area (Å²) in [6.45, 7) is 1.84. The zero-order valence-corrected chi connectivity index (χ0v) is 9.99. The van der Waals surface area contributed by atoms with Gasteiger partial charge in [0.25, 0.3) is 5.91 Å². The third-order valence-electron chi connectivity index (χ3n) is 3.86. The molecule has 3 rings (SSSR count). The molecule has 2 N–H and O–H groups in total. The van der Waals surface area contributed by atoms with Gasteiger partial charge in [-0.25, -0.2) is 0 Å². The van der Waals surface area contributed by atoms with E-state index in [4.69, 9.17) is 0 Å². The first-order valence-electron chi connectivity index (χ1n) is 6.09. The number of piperidine rings is 1. The molecule has 1 spiro atoms. The monoisotopic (exact) mass is 231 g/mol. The lowest BCUT2D eigenvalue weighted by molar-refractivity contribution is 0.0861. The summed E-state index contributed by atoms with van der Waals surface area (Å²) in [7, 11) is 2.06. The molecule has 1 atom stereocenters. The van der Waals surface area contributed by atoms with Crippen LogP contribution in [0.5, 0.6) is 0 Å². The van der Waals surface area contributed by atoms with E-state index in [-0.39, 0.29) is 11.6 Å². The number of hydrogen-bond donors (Lipinski definition) is 2. The Labute approximate surface area is 101 Å². The van der Waals surface area contributed by atoms with Crippen LogP contribution in [0.2, 0.25) is 0 Å². The van der Waals surface area contributed by atoms with Crippen LogP contribution in [-0.4, -0.2) is 31.7 Å². The Morgan fingerprint density at radius 1 is 1.35 bits per heavy atom. The standard InChI is InChI=1S/C13H17N3O/c1-16-11-6-3-2-5-10(11)12(17)15-13(16)7-4-8-14-9-13/h2-3,5-6,14H,4,7-9H2,1H3,(H,15,17). The minimum atomic E-state index is -0.246. The van der Waals surface area contributed by atoms with Gasteiger partial charge in [-0.1, -0.05) is 12.1 Å². The number of hydrogen-bond acceptors (Lipinski definition) is 3. The number of fused-ring (bicyclic) bond motifs is 1. The number of rotatable bonds is 0. The number of para-hydroxylation sites is 1. The molecule has 90 valence electrons. The van der Waals surface area contributed by atoms with E-state index in [2.05, 4.69) is 22.6 Å². The maximum absolute atomic E-state index is 12.1. The summed E-state index contributed by atoms with van der Waals surface area (Å²) in [6, 6.07) is 7.79. The minimum Gasteiger partial charge on any atom is -0.350 e. The Kier molecular flexibility index (Phi) is 2.33. The lowest BCUT2D eigenvalue weighted by Crippen LogP contribution is -2.69. The molecule has 1 unspecified atom stereocenters. The van der Waals surface area contributed by atoms with E-state index in [1.165, 1.54) is 0 Å². The Morgan fingerprint density at radius 2 is 2.18 bits per heavy atom. The highest BCUT2D eigenvalue weighted by atomic mass is 16.2. The number of anilines is 1. The second-order valence-corrected chi connectivity index (χ2v) is 4.84. The first-order chi connectivity index (χ1) is 8.23. The first-order valence-corrected chi connectivity index (χ1v) is 6.09. The van der Waals surface area contributed by atoms with Gasteiger partial charge in [-0.3, -0.25) is 4.79 Å². The molecule has 1 saturated heterocycles. The summed E-state index contributed by atoms with van der Waals surface area (Å²) in [5.74, 6) is 0.0439. The van der Waals surface area contributed by atoms with E-state index < -0.39 is 0 Å². The number of likely N-dealkylation sites (N-methyl/N-ethyl adjacent to an activating group) is 1. The second-order valence-electron chi connectivity index (χ2n) is 4.84. The maximum Gasteiger partial charge on any atom is 0.255 e. The van der Waals surface area contributed by atoms with Crippen molar-refractivity contribution in [1.29, 1.82) is 0 Å². The second kappa shape index (κ2) is 3.74. The number of carbonyl (C=O) groups is 1. The lowest BCUT2D eigenvalue weighted by atomic mass is 9.93. The fourth-order valence-corrected chi connectivity index (χ4v) is 2.83. The van der Waals surface area contributed by atoms with Crippen LogP contribution in [0.25, 0.3) is 0 Å². The summed E-state index contributed by atoms with van der Waals surface area (Å²) < 4.78 is 0. The van der Waals surface area contributed by atoms with E-state index in [0.29, 0.717) is 0 Å². The normalized spacial score (nSPS) is 27.8. The van der Waals surface area contributed by atoms with Crippen molar-refractivity contribution in [2.24, 2.45) is 0 Å². The van der Waals surface area contributed by atoms with Crippen molar-refractivity contribution in [3.8, 4) is 0 Å². The Bertz CT molecular complexity index is 452. The highest BCUT2D eigenvalue weighted by molar-refractivity contribution is 6.02. The molecule has 1 aromatic rings. The van der Waals surface area contributed by atoms with Crippen LogP contribution in [0.4, 0.5) is 5.69 Å². The smallest absolute Gasteiger partial charge is 0.255 e. The molecule has 1 aromatic carbocycles. The van der Waals surface area contributed by atoms with Gasteiger partial charge in [0.05, 0.1) is 11.3 Å². The van der Waals surface area contributed by atoms with Crippen LogP contribution in [-0.2, 0) is 0 Å². The van der Waals surface area contributed by atoms with Crippen LogP contribution in [0, 0.1) is 0 Å². The molecule has 17 heavy (non-hydrogen) atoms. The van der Waals surface area contributed by atoms with Gasteiger partial charge >= 0.3 is 0 Å². The van der Waals surface area contributed by atoms with Crippen molar-refractivity contribution in [3.63, 3.8) is 0 Å².